The lowest BCUT2D eigenvalue weighted by Gasteiger charge is -2.32. The molecule has 1 fully saturated rings. The first-order valence-electron chi connectivity index (χ1n) is 11.4. The van der Waals surface area contributed by atoms with Crippen LogP contribution in [0.2, 0.25) is 0 Å². The zero-order valence-corrected chi connectivity index (χ0v) is 19.0. The zero-order valence-electron chi connectivity index (χ0n) is 19.0. The Hall–Kier alpha value is -3.61. The lowest BCUT2D eigenvalue weighted by molar-refractivity contribution is -0.132. The minimum Gasteiger partial charge on any atom is -0.497 e. The number of amides is 1. The van der Waals surface area contributed by atoms with Gasteiger partial charge in [-0.15, -0.1) is 10.2 Å². The number of piperidine rings is 1. The third kappa shape index (κ3) is 4.49. The zero-order chi connectivity index (χ0) is 22.8. The van der Waals surface area contributed by atoms with E-state index in [9.17, 15) is 4.79 Å². The largest absolute Gasteiger partial charge is 0.497 e. The number of nitrogens with one attached hydrogen (secondary N) is 1. The number of rotatable bonds is 6. The number of H-pyrrole nitrogens is 1. The fraction of sp³-hybridized carbons (Fsp3) is 0.346. The fourth-order valence-electron chi connectivity index (χ4n) is 4.57. The van der Waals surface area contributed by atoms with Crippen LogP contribution >= 0.6 is 0 Å². The standard InChI is InChI=1S/C26H28N4O3/c1-17-3-5-19(6-4-17)26-29-28-24(33-26)9-10-25(31)30-13-11-18(12-14-30)22-16-27-23-8-7-20(32-2)15-21(22)23/h3-8,15-16,18,27H,9-14H2,1-2H3. The molecule has 1 aliphatic heterocycles. The Bertz CT molecular complexity index is 1250. The molecule has 1 saturated heterocycles. The number of benzene rings is 2. The number of aromatic amines is 1. The van der Waals surface area contributed by atoms with Crippen molar-refractivity contribution in [1.29, 1.82) is 0 Å². The average molecular weight is 445 g/mol. The van der Waals surface area contributed by atoms with Crippen LogP contribution in [-0.2, 0) is 11.2 Å². The first kappa shape index (κ1) is 21.2. The Balaban J connectivity index is 1.16. The summed E-state index contributed by atoms with van der Waals surface area (Å²) in [4.78, 5) is 18.1. The lowest BCUT2D eigenvalue weighted by atomic mass is 9.89. The first-order valence-corrected chi connectivity index (χ1v) is 11.4. The summed E-state index contributed by atoms with van der Waals surface area (Å²) in [7, 11) is 1.69. The number of aromatic nitrogens is 3. The van der Waals surface area contributed by atoms with Crippen molar-refractivity contribution in [2.45, 2.75) is 38.5 Å². The maximum atomic E-state index is 12.8. The molecule has 5 rings (SSSR count). The van der Waals surface area contributed by atoms with Crippen molar-refractivity contribution in [2.24, 2.45) is 0 Å². The van der Waals surface area contributed by atoms with Crippen LogP contribution in [0.1, 0.15) is 42.2 Å². The van der Waals surface area contributed by atoms with E-state index in [4.69, 9.17) is 9.15 Å². The van der Waals surface area contributed by atoms with Crippen molar-refractivity contribution in [3.63, 3.8) is 0 Å². The minimum absolute atomic E-state index is 0.143. The normalized spacial score (nSPS) is 14.7. The molecule has 0 radical (unpaired) electrons. The van der Waals surface area contributed by atoms with Crippen LogP contribution in [0.15, 0.2) is 53.1 Å². The third-order valence-corrected chi connectivity index (χ3v) is 6.53. The molecule has 33 heavy (non-hydrogen) atoms. The molecule has 7 heteroatoms. The van der Waals surface area contributed by atoms with E-state index in [1.165, 1.54) is 16.5 Å². The SMILES string of the molecule is COc1ccc2[nH]cc(C3CCN(C(=O)CCc4nnc(-c5ccc(C)cc5)o4)CC3)c2c1. The maximum Gasteiger partial charge on any atom is 0.247 e. The van der Waals surface area contributed by atoms with Gasteiger partial charge in [-0.1, -0.05) is 17.7 Å². The molecule has 1 aliphatic rings. The molecular weight excluding hydrogens is 416 g/mol. The smallest absolute Gasteiger partial charge is 0.247 e. The number of likely N-dealkylation sites (tertiary alicyclic amines) is 1. The summed E-state index contributed by atoms with van der Waals surface area (Å²) in [5.41, 5.74) is 4.50. The number of nitrogens with zero attached hydrogens (tertiary/aromatic N) is 3. The van der Waals surface area contributed by atoms with E-state index in [0.717, 1.165) is 42.8 Å². The van der Waals surface area contributed by atoms with Crippen molar-refractivity contribution in [2.75, 3.05) is 20.2 Å². The second kappa shape index (κ2) is 9.10. The van der Waals surface area contributed by atoms with Gasteiger partial charge in [0.05, 0.1) is 7.11 Å². The topological polar surface area (TPSA) is 84.2 Å². The summed E-state index contributed by atoms with van der Waals surface area (Å²) in [5, 5.41) is 9.46. The molecule has 0 atom stereocenters. The van der Waals surface area contributed by atoms with Crippen molar-refractivity contribution in [3.05, 3.63) is 65.7 Å². The Morgan fingerprint density at radius 2 is 1.94 bits per heavy atom. The molecule has 3 heterocycles. The van der Waals surface area contributed by atoms with Crippen LogP contribution in [-0.4, -0.2) is 46.2 Å². The number of ether oxygens (including phenoxy) is 1. The van der Waals surface area contributed by atoms with Gasteiger partial charge >= 0.3 is 0 Å². The molecule has 7 nitrogen and oxygen atoms in total. The molecule has 1 N–H and O–H groups in total. The Labute approximate surface area is 192 Å². The second-order valence-corrected chi connectivity index (χ2v) is 8.68. The van der Waals surface area contributed by atoms with Crippen molar-refractivity contribution in [3.8, 4) is 17.2 Å². The van der Waals surface area contributed by atoms with Crippen LogP contribution in [0.3, 0.4) is 0 Å². The van der Waals surface area contributed by atoms with E-state index < -0.39 is 0 Å². The Kier molecular flexibility index (Phi) is 5.86. The summed E-state index contributed by atoms with van der Waals surface area (Å²) in [6.45, 7) is 3.56. The lowest BCUT2D eigenvalue weighted by Crippen LogP contribution is -2.38. The van der Waals surface area contributed by atoms with Crippen LogP contribution in [0.25, 0.3) is 22.4 Å². The van der Waals surface area contributed by atoms with E-state index in [2.05, 4.69) is 33.5 Å². The van der Waals surface area contributed by atoms with Crippen molar-refractivity contribution < 1.29 is 13.9 Å². The van der Waals surface area contributed by atoms with Crippen LogP contribution in [0, 0.1) is 6.92 Å². The summed E-state index contributed by atoms with van der Waals surface area (Å²) in [6.07, 6.45) is 4.85. The number of carbonyl (C=O) groups excluding carboxylic acids is 1. The van der Waals surface area contributed by atoms with Gasteiger partial charge in [0.2, 0.25) is 17.7 Å². The number of methoxy groups -OCH3 is 1. The van der Waals surface area contributed by atoms with Gasteiger partial charge in [-0.3, -0.25) is 4.79 Å². The molecular formula is C26H28N4O3. The third-order valence-electron chi connectivity index (χ3n) is 6.53. The molecule has 1 amide bonds. The molecule has 0 spiro atoms. The van der Waals surface area contributed by atoms with Crippen LogP contribution in [0.5, 0.6) is 5.75 Å². The van der Waals surface area contributed by atoms with Crippen LogP contribution in [0.4, 0.5) is 0 Å². The number of hydrogen-bond donors (Lipinski definition) is 1. The van der Waals surface area contributed by atoms with Crippen molar-refractivity contribution in [1.82, 2.24) is 20.1 Å². The molecule has 0 unspecified atom stereocenters. The predicted molar refractivity (Wildman–Crippen MR) is 126 cm³/mol. The monoisotopic (exact) mass is 444 g/mol. The van der Waals surface area contributed by atoms with E-state index >= 15 is 0 Å². The highest BCUT2D eigenvalue weighted by molar-refractivity contribution is 5.85. The highest BCUT2D eigenvalue weighted by Gasteiger charge is 2.25. The average Bonchev–Trinajstić information content (AvgIpc) is 3.50. The van der Waals surface area contributed by atoms with Gasteiger partial charge in [0.25, 0.3) is 0 Å². The number of fused-ring (bicyclic) bond motifs is 1. The molecule has 4 aromatic rings. The van der Waals surface area contributed by atoms with Gasteiger partial charge < -0.3 is 19.0 Å². The summed E-state index contributed by atoms with van der Waals surface area (Å²) in [6, 6.07) is 14.1. The second-order valence-electron chi connectivity index (χ2n) is 8.68. The van der Waals surface area contributed by atoms with Gasteiger partial charge in [0, 0.05) is 48.6 Å². The molecule has 2 aromatic heterocycles. The van der Waals surface area contributed by atoms with Crippen molar-refractivity contribution >= 4 is 16.8 Å². The quantitative estimate of drug-likeness (QED) is 0.458. The van der Waals surface area contributed by atoms with E-state index in [0.29, 0.717) is 30.5 Å². The first-order chi connectivity index (χ1) is 16.1. The molecule has 0 saturated carbocycles. The van der Waals surface area contributed by atoms with Gasteiger partial charge in [-0.25, -0.2) is 0 Å². The highest BCUT2D eigenvalue weighted by Crippen LogP contribution is 2.34. The minimum atomic E-state index is 0.143. The number of aryl methyl sites for hydroxylation is 2. The van der Waals surface area contributed by atoms with Gasteiger partial charge in [-0.2, -0.15) is 0 Å². The summed E-state index contributed by atoms with van der Waals surface area (Å²) >= 11 is 0. The van der Waals surface area contributed by atoms with E-state index in [-0.39, 0.29) is 5.91 Å². The van der Waals surface area contributed by atoms with Gasteiger partial charge in [0.15, 0.2) is 0 Å². The van der Waals surface area contributed by atoms with Crippen LogP contribution < -0.4 is 4.74 Å². The maximum absolute atomic E-state index is 12.8. The van der Waals surface area contributed by atoms with Gasteiger partial charge in [0.1, 0.15) is 5.75 Å². The molecule has 2 aromatic carbocycles. The molecule has 170 valence electrons. The summed E-state index contributed by atoms with van der Waals surface area (Å²) in [5.74, 6) is 2.43. The Morgan fingerprint density at radius 3 is 2.70 bits per heavy atom. The van der Waals surface area contributed by atoms with Gasteiger partial charge in [-0.05, 0) is 61.6 Å². The van der Waals surface area contributed by atoms with E-state index in [1.807, 2.05) is 42.2 Å². The molecule has 0 bridgehead atoms. The molecule has 0 aliphatic carbocycles. The number of hydrogen-bond acceptors (Lipinski definition) is 5. The number of carbonyl (C=O) groups is 1. The fourth-order valence-corrected chi connectivity index (χ4v) is 4.57. The van der Waals surface area contributed by atoms with E-state index in [1.54, 1.807) is 7.11 Å². The highest BCUT2D eigenvalue weighted by atomic mass is 16.5. The predicted octanol–water partition coefficient (Wildman–Crippen LogP) is 4.87. The Morgan fingerprint density at radius 1 is 1.15 bits per heavy atom. The summed E-state index contributed by atoms with van der Waals surface area (Å²) < 4.78 is 11.2.